The highest BCUT2D eigenvalue weighted by Gasteiger charge is 2.13. The molecule has 1 heterocycles. The maximum atomic E-state index is 5.39. The second kappa shape index (κ2) is 7.57. The van der Waals surface area contributed by atoms with Crippen molar-refractivity contribution in [2.45, 2.75) is 12.5 Å². The summed E-state index contributed by atoms with van der Waals surface area (Å²) >= 11 is 0. The molecule has 1 aliphatic rings. The zero-order chi connectivity index (χ0) is 10.1. The molecule has 0 aliphatic carbocycles. The molecule has 0 amide bonds. The van der Waals surface area contributed by atoms with E-state index in [0.29, 0.717) is 39.5 Å². The summed E-state index contributed by atoms with van der Waals surface area (Å²) in [4.78, 5) is 0. The first-order chi connectivity index (χ1) is 6.93. The predicted octanol–water partition coefficient (Wildman–Crippen LogP) is 0.998. The van der Waals surface area contributed by atoms with Crippen molar-refractivity contribution in [3.63, 3.8) is 0 Å². The Morgan fingerprint density at radius 3 is 3.07 bits per heavy atom. The summed E-state index contributed by atoms with van der Waals surface area (Å²) in [5, 5.41) is 0. The van der Waals surface area contributed by atoms with Crippen LogP contribution >= 0.6 is 0 Å². The van der Waals surface area contributed by atoms with Crippen molar-refractivity contribution in [3.8, 4) is 11.8 Å². The molecule has 1 rings (SSSR count). The Morgan fingerprint density at radius 2 is 2.36 bits per heavy atom. The maximum Gasteiger partial charge on any atom is 0.107 e. The van der Waals surface area contributed by atoms with Crippen molar-refractivity contribution in [2.24, 2.45) is 0 Å². The third-order valence-corrected chi connectivity index (χ3v) is 1.73. The monoisotopic (exact) mass is 196 g/mol. The maximum absolute atomic E-state index is 5.39. The lowest BCUT2D eigenvalue weighted by atomic mass is 10.4. The minimum atomic E-state index is 0.0740. The van der Waals surface area contributed by atoms with Gasteiger partial charge in [-0.3, -0.25) is 0 Å². The van der Waals surface area contributed by atoms with Crippen molar-refractivity contribution < 1.29 is 14.2 Å². The second-order valence-electron chi connectivity index (χ2n) is 2.93. The number of ether oxygens (including phenoxy) is 3. The molecule has 1 fully saturated rings. The topological polar surface area (TPSA) is 27.7 Å². The minimum Gasteiger partial charge on any atom is -0.376 e. The number of rotatable bonds is 4. The first kappa shape index (κ1) is 11.3. The fourth-order valence-electron chi connectivity index (χ4n) is 1.07. The molecule has 3 heteroatoms. The van der Waals surface area contributed by atoms with E-state index in [1.165, 1.54) is 0 Å². The van der Waals surface area contributed by atoms with Gasteiger partial charge in [0.2, 0.25) is 0 Å². The average Bonchev–Trinajstić information content (AvgIpc) is 2.25. The van der Waals surface area contributed by atoms with E-state index in [1.54, 1.807) is 6.08 Å². The molecule has 0 N–H and O–H groups in total. The number of hydrogen-bond acceptors (Lipinski definition) is 3. The number of allylic oxidation sites excluding steroid dienone is 1. The smallest absolute Gasteiger partial charge is 0.107 e. The van der Waals surface area contributed by atoms with Crippen molar-refractivity contribution in [3.05, 3.63) is 12.7 Å². The molecule has 0 spiro atoms. The summed E-state index contributed by atoms with van der Waals surface area (Å²) in [5.41, 5.74) is 0. The highest BCUT2D eigenvalue weighted by molar-refractivity contribution is 5.02. The molecule has 1 unspecified atom stereocenters. The molecule has 14 heavy (non-hydrogen) atoms. The summed E-state index contributed by atoms with van der Waals surface area (Å²) in [5.74, 6) is 5.79. The second-order valence-corrected chi connectivity index (χ2v) is 2.93. The van der Waals surface area contributed by atoms with Crippen molar-refractivity contribution >= 4 is 0 Å². The fourth-order valence-corrected chi connectivity index (χ4v) is 1.07. The molecular formula is C11H16O3. The first-order valence-electron chi connectivity index (χ1n) is 4.77. The van der Waals surface area contributed by atoms with Gasteiger partial charge in [-0.2, -0.15) is 0 Å². The minimum absolute atomic E-state index is 0.0740. The standard InChI is InChI=1S/C11H16O3/c1-2-3-4-5-6-12-9-11-10-13-7-8-14-11/h2,11H,1,3,6-10H2. The van der Waals surface area contributed by atoms with Gasteiger partial charge in [-0.05, 0) is 0 Å². The molecule has 1 saturated heterocycles. The Morgan fingerprint density at radius 1 is 1.43 bits per heavy atom. The predicted molar refractivity (Wildman–Crippen MR) is 54.0 cm³/mol. The van der Waals surface area contributed by atoms with E-state index in [-0.39, 0.29) is 6.10 Å². The van der Waals surface area contributed by atoms with Gasteiger partial charge in [-0.25, -0.2) is 0 Å². The molecule has 78 valence electrons. The van der Waals surface area contributed by atoms with Crippen LogP contribution in [-0.2, 0) is 14.2 Å². The van der Waals surface area contributed by atoms with E-state index in [4.69, 9.17) is 14.2 Å². The largest absolute Gasteiger partial charge is 0.376 e. The van der Waals surface area contributed by atoms with Crippen LogP contribution in [0.2, 0.25) is 0 Å². The average molecular weight is 196 g/mol. The van der Waals surface area contributed by atoms with Crippen LogP contribution in [0.25, 0.3) is 0 Å². The molecule has 0 radical (unpaired) electrons. The normalized spacial score (nSPS) is 21.0. The van der Waals surface area contributed by atoms with Crippen LogP contribution in [0.1, 0.15) is 6.42 Å². The Kier molecular flexibility index (Phi) is 6.09. The van der Waals surface area contributed by atoms with Gasteiger partial charge in [0.1, 0.15) is 12.7 Å². The first-order valence-corrected chi connectivity index (χ1v) is 4.77. The Balaban J connectivity index is 1.98. The molecule has 0 aromatic carbocycles. The summed E-state index contributed by atoms with van der Waals surface area (Å²) < 4.78 is 15.9. The van der Waals surface area contributed by atoms with Crippen LogP contribution in [0.3, 0.4) is 0 Å². The molecular weight excluding hydrogens is 180 g/mol. The van der Waals surface area contributed by atoms with Crippen molar-refractivity contribution in [1.82, 2.24) is 0 Å². The van der Waals surface area contributed by atoms with Crippen molar-refractivity contribution in [2.75, 3.05) is 33.0 Å². The molecule has 1 aliphatic heterocycles. The fraction of sp³-hybridized carbons (Fsp3) is 0.636. The number of hydrogen-bond donors (Lipinski definition) is 0. The van der Waals surface area contributed by atoms with Crippen LogP contribution in [-0.4, -0.2) is 39.1 Å². The highest BCUT2D eigenvalue weighted by Crippen LogP contribution is 2.00. The summed E-state index contributed by atoms with van der Waals surface area (Å²) in [6, 6.07) is 0. The lowest BCUT2D eigenvalue weighted by Crippen LogP contribution is -2.32. The van der Waals surface area contributed by atoms with Gasteiger partial charge in [-0.1, -0.05) is 17.9 Å². The molecule has 0 aromatic rings. The quantitative estimate of drug-likeness (QED) is 0.381. The van der Waals surface area contributed by atoms with Crippen LogP contribution in [0.15, 0.2) is 12.7 Å². The molecule has 0 aromatic heterocycles. The van der Waals surface area contributed by atoms with Gasteiger partial charge in [0.15, 0.2) is 0 Å². The van der Waals surface area contributed by atoms with Crippen LogP contribution in [0.4, 0.5) is 0 Å². The third kappa shape index (κ3) is 5.03. The van der Waals surface area contributed by atoms with E-state index in [0.717, 1.165) is 0 Å². The van der Waals surface area contributed by atoms with Gasteiger partial charge in [0.25, 0.3) is 0 Å². The van der Waals surface area contributed by atoms with Gasteiger partial charge in [0, 0.05) is 6.42 Å². The van der Waals surface area contributed by atoms with Crippen LogP contribution in [0, 0.1) is 11.8 Å². The van der Waals surface area contributed by atoms with Gasteiger partial charge in [-0.15, -0.1) is 6.58 Å². The van der Waals surface area contributed by atoms with Crippen LogP contribution < -0.4 is 0 Å². The van der Waals surface area contributed by atoms with E-state index >= 15 is 0 Å². The lowest BCUT2D eigenvalue weighted by molar-refractivity contribution is -0.112. The Labute approximate surface area is 85.0 Å². The summed E-state index contributed by atoms with van der Waals surface area (Å²) in [6.07, 6.45) is 2.56. The summed E-state index contributed by atoms with van der Waals surface area (Å²) in [6.45, 7) is 6.56. The van der Waals surface area contributed by atoms with E-state index in [1.807, 2.05) is 0 Å². The van der Waals surface area contributed by atoms with Gasteiger partial charge in [0.05, 0.1) is 26.4 Å². The lowest BCUT2D eigenvalue weighted by Gasteiger charge is -2.22. The molecule has 0 saturated carbocycles. The van der Waals surface area contributed by atoms with Gasteiger partial charge >= 0.3 is 0 Å². The molecule has 3 nitrogen and oxygen atoms in total. The highest BCUT2D eigenvalue weighted by atomic mass is 16.6. The summed E-state index contributed by atoms with van der Waals surface area (Å²) in [7, 11) is 0. The Bertz CT molecular complexity index is 208. The molecule has 0 bridgehead atoms. The van der Waals surface area contributed by atoms with Crippen molar-refractivity contribution in [1.29, 1.82) is 0 Å². The van der Waals surface area contributed by atoms with Gasteiger partial charge < -0.3 is 14.2 Å². The zero-order valence-electron chi connectivity index (χ0n) is 8.33. The molecule has 1 atom stereocenters. The van der Waals surface area contributed by atoms with E-state index < -0.39 is 0 Å². The Hall–Kier alpha value is -0.820. The van der Waals surface area contributed by atoms with E-state index in [9.17, 15) is 0 Å². The third-order valence-electron chi connectivity index (χ3n) is 1.73. The zero-order valence-corrected chi connectivity index (χ0v) is 8.33. The van der Waals surface area contributed by atoms with Crippen LogP contribution in [0.5, 0.6) is 0 Å². The SMILES string of the molecule is C=CCC#CCOCC1COCCO1. The van der Waals surface area contributed by atoms with E-state index in [2.05, 4.69) is 18.4 Å².